The molecule has 0 amide bonds. The summed E-state index contributed by atoms with van der Waals surface area (Å²) in [5.74, 6) is -0.202. The highest BCUT2D eigenvalue weighted by molar-refractivity contribution is 8.06. The SMILES string of the molecule is CC(C)SC1=CC(=O)OC1SC(C)C. The van der Waals surface area contributed by atoms with Gasteiger partial charge in [0.05, 0.1) is 0 Å². The Bertz CT molecular complexity index is 247. The molecule has 1 aliphatic rings. The zero-order chi connectivity index (χ0) is 10.7. The minimum Gasteiger partial charge on any atom is -0.443 e. The molecule has 1 heterocycles. The number of cyclic esters (lactones) is 1. The van der Waals surface area contributed by atoms with Gasteiger partial charge < -0.3 is 4.74 Å². The third kappa shape index (κ3) is 3.58. The van der Waals surface area contributed by atoms with E-state index >= 15 is 0 Å². The first-order valence-corrected chi connectivity index (χ1v) is 6.55. The molecule has 0 aromatic heterocycles. The molecule has 0 bridgehead atoms. The van der Waals surface area contributed by atoms with Crippen LogP contribution in [0.2, 0.25) is 0 Å². The molecular weight excluding hydrogens is 216 g/mol. The molecule has 2 nitrogen and oxygen atoms in total. The van der Waals surface area contributed by atoms with Crippen LogP contribution in [-0.4, -0.2) is 21.9 Å². The normalized spacial score (nSPS) is 21.7. The molecular formula is C10H16O2S2. The van der Waals surface area contributed by atoms with Gasteiger partial charge in [0.1, 0.15) is 0 Å². The van der Waals surface area contributed by atoms with E-state index in [2.05, 4.69) is 27.7 Å². The molecule has 80 valence electrons. The predicted octanol–water partition coefficient (Wildman–Crippen LogP) is 3.04. The van der Waals surface area contributed by atoms with Crippen LogP contribution in [-0.2, 0) is 9.53 Å². The van der Waals surface area contributed by atoms with Crippen LogP contribution in [0, 0.1) is 0 Å². The van der Waals surface area contributed by atoms with Crippen LogP contribution in [0.5, 0.6) is 0 Å². The lowest BCUT2D eigenvalue weighted by Gasteiger charge is -2.16. The Morgan fingerprint density at radius 1 is 1.29 bits per heavy atom. The topological polar surface area (TPSA) is 26.3 Å². The van der Waals surface area contributed by atoms with Gasteiger partial charge in [0.25, 0.3) is 0 Å². The van der Waals surface area contributed by atoms with Gasteiger partial charge in [0.15, 0.2) is 5.44 Å². The van der Waals surface area contributed by atoms with E-state index in [9.17, 15) is 4.79 Å². The standard InChI is InChI=1S/C10H16O2S2/c1-6(2)13-8-5-9(11)12-10(8)14-7(3)4/h5-7,10H,1-4H3. The summed E-state index contributed by atoms with van der Waals surface area (Å²) >= 11 is 3.39. The second-order valence-electron chi connectivity index (χ2n) is 3.67. The Kier molecular flexibility index (Phi) is 4.38. The van der Waals surface area contributed by atoms with E-state index in [1.807, 2.05) is 0 Å². The molecule has 0 spiro atoms. The Morgan fingerprint density at radius 3 is 2.43 bits per heavy atom. The lowest BCUT2D eigenvalue weighted by molar-refractivity contribution is -0.135. The summed E-state index contributed by atoms with van der Waals surface area (Å²) in [6.07, 6.45) is 1.62. The largest absolute Gasteiger partial charge is 0.443 e. The van der Waals surface area contributed by atoms with Crippen molar-refractivity contribution in [3.05, 3.63) is 11.0 Å². The smallest absolute Gasteiger partial charge is 0.333 e. The van der Waals surface area contributed by atoms with E-state index in [-0.39, 0.29) is 11.4 Å². The van der Waals surface area contributed by atoms with Crippen molar-refractivity contribution in [2.75, 3.05) is 0 Å². The Labute approximate surface area is 93.8 Å². The average molecular weight is 232 g/mol. The van der Waals surface area contributed by atoms with Gasteiger partial charge in [-0.3, -0.25) is 0 Å². The monoisotopic (exact) mass is 232 g/mol. The molecule has 0 aromatic rings. The molecule has 1 atom stereocenters. The number of rotatable bonds is 4. The second kappa shape index (κ2) is 5.12. The molecule has 0 N–H and O–H groups in total. The molecule has 0 saturated heterocycles. The highest BCUT2D eigenvalue weighted by Crippen LogP contribution is 2.37. The molecule has 0 saturated carbocycles. The summed E-state index contributed by atoms with van der Waals surface area (Å²) in [7, 11) is 0. The van der Waals surface area contributed by atoms with Gasteiger partial charge >= 0.3 is 5.97 Å². The summed E-state index contributed by atoms with van der Waals surface area (Å²) in [5, 5.41) is 0.966. The van der Waals surface area contributed by atoms with Crippen molar-refractivity contribution < 1.29 is 9.53 Å². The fourth-order valence-electron chi connectivity index (χ4n) is 1.09. The molecule has 14 heavy (non-hydrogen) atoms. The first-order chi connectivity index (χ1) is 6.49. The van der Waals surface area contributed by atoms with E-state index in [1.54, 1.807) is 29.6 Å². The summed E-state index contributed by atoms with van der Waals surface area (Å²) in [6, 6.07) is 0. The van der Waals surface area contributed by atoms with Crippen molar-refractivity contribution in [2.24, 2.45) is 0 Å². The van der Waals surface area contributed by atoms with Crippen LogP contribution in [0.15, 0.2) is 11.0 Å². The number of hydrogen-bond donors (Lipinski definition) is 0. The van der Waals surface area contributed by atoms with Crippen molar-refractivity contribution in [3.63, 3.8) is 0 Å². The third-order valence-electron chi connectivity index (χ3n) is 1.48. The Hall–Kier alpha value is -0.0900. The number of thioether (sulfide) groups is 2. The number of ether oxygens (including phenoxy) is 1. The maximum Gasteiger partial charge on any atom is 0.333 e. The summed E-state index contributed by atoms with van der Waals surface area (Å²) in [5.41, 5.74) is -0.0742. The number of esters is 1. The fourth-order valence-corrected chi connectivity index (χ4v) is 3.13. The van der Waals surface area contributed by atoms with Crippen LogP contribution >= 0.6 is 23.5 Å². The van der Waals surface area contributed by atoms with Gasteiger partial charge in [0.2, 0.25) is 0 Å². The highest BCUT2D eigenvalue weighted by atomic mass is 32.2. The Balaban J connectivity index is 2.59. The van der Waals surface area contributed by atoms with Gasteiger partial charge in [-0.15, -0.1) is 23.5 Å². The van der Waals surface area contributed by atoms with Crippen LogP contribution < -0.4 is 0 Å². The van der Waals surface area contributed by atoms with Gasteiger partial charge in [-0.25, -0.2) is 4.79 Å². The predicted molar refractivity (Wildman–Crippen MR) is 63.4 cm³/mol. The maximum absolute atomic E-state index is 11.1. The van der Waals surface area contributed by atoms with E-state index in [4.69, 9.17) is 4.74 Å². The number of carbonyl (C=O) groups excluding carboxylic acids is 1. The molecule has 0 fully saturated rings. The average Bonchev–Trinajstić information content (AvgIpc) is 2.28. The zero-order valence-corrected chi connectivity index (χ0v) is 10.6. The minimum atomic E-state index is -0.202. The Morgan fingerprint density at radius 2 is 1.93 bits per heavy atom. The van der Waals surface area contributed by atoms with Crippen molar-refractivity contribution in [1.29, 1.82) is 0 Å². The number of carbonyl (C=O) groups is 1. The van der Waals surface area contributed by atoms with Crippen LogP contribution in [0.25, 0.3) is 0 Å². The van der Waals surface area contributed by atoms with E-state index < -0.39 is 0 Å². The molecule has 1 rings (SSSR count). The molecule has 4 heteroatoms. The van der Waals surface area contributed by atoms with Crippen molar-refractivity contribution in [1.82, 2.24) is 0 Å². The lowest BCUT2D eigenvalue weighted by atomic mass is 10.5. The first-order valence-electron chi connectivity index (χ1n) is 4.73. The van der Waals surface area contributed by atoms with Gasteiger partial charge in [-0.2, -0.15) is 0 Å². The first kappa shape index (κ1) is 12.0. The van der Waals surface area contributed by atoms with Gasteiger partial charge in [-0.05, 0) is 0 Å². The minimum absolute atomic E-state index is 0.0742. The summed E-state index contributed by atoms with van der Waals surface area (Å²) in [6.45, 7) is 8.44. The number of hydrogen-bond acceptors (Lipinski definition) is 4. The van der Waals surface area contributed by atoms with E-state index in [0.717, 1.165) is 4.91 Å². The summed E-state index contributed by atoms with van der Waals surface area (Å²) < 4.78 is 5.20. The molecule has 0 aliphatic carbocycles. The second-order valence-corrected chi connectivity index (χ2v) is 6.96. The summed E-state index contributed by atoms with van der Waals surface area (Å²) in [4.78, 5) is 12.2. The molecule has 1 aliphatic heterocycles. The maximum atomic E-state index is 11.1. The van der Waals surface area contributed by atoms with Gasteiger partial charge in [-0.1, -0.05) is 27.7 Å². The quantitative estimate of drug-likeness (QED) is 0.696. The lowest BCUT2D eigenvalue weighted by Crippen LogP contribution is -2.10. The van der Waals surface area contributed by atoms with Crippen molar-refractivity contribution in [3.8, 4) is 0 Å². The van der Waals surface area contributed by atoms with Crippen molar-refractivity contribution in [2.45, 2.75) is 43.6 Å². The van der Waals surface area contributed by atoms with E-state index in [0.29, 0.717) is 10.5 Å². The molecule has 1 unspecified atom stereocenters. The van der Waals surface area contributed by atoms with Crippen molar-refractivity contribution >= 4 is 29.5 Å². The van der Waals surface area contributed by atoms with E-state index in [1.165, 1.54) is 0 Å². The molecule has 0 radical (unpaired) electrons. The zero-order valence-electron chi connectivity index (χ0n) is 8.94. The van der Waals surface area contributed by atoms with Crippen LogP contribution in [0.3, 0.4) is 0 Å². The fraction of sp³-hybridized carbons (Fsp3) is 0.700. The van der Waals surface area contributed by atoms with Gasteiger partial charge in [0, 0.05) is 21.5 Å². The van der Waals surface area contributed by atoms with Crippen LogP contribution in [0.1, 0.15) is 27.7 Å². The third-order valence-corrected chi connectivity index (χ3v) is 3.85. The van der Waals surface area contributed by atoms with Crippen LogP contribution in [0.4, 0.5) is 0 Å². The highest BCUT2D eigenvalue weighted by Gasteiger charge is 2.28. The molecule has 0 aromatic carbocycles.